The van der Waals surface area contributed by atoms with Crippen molar-refractivity contribution < 1.29 is 9.53 Å². The van der Waals surface area contributed by atoms with Crippen LogP contribution in [0.25, 0.3) is 10.9 Å². The lowest BCUT2D eigenvalue weighted by Crippen LogP contribution is -2.50. The van der Waals surface area contributed by atoms with E-state index in [0.29, 0.717) is 17.9 Å². The number of rotatable bonds is 5. The first kappa shape index (κ1) is 19.6. The molecular formula is C22H27N5O2. The van der Waals surface area contributed by atoms with Gasteiger partial charge < -0.3 is 20.3 Å². The van der Waals surface area contributed by atoms with Gasteiger partial charge in [0.25, 0.3) is 0 Å². The Balaban J connectivity index is 1.50. The van der Waals surface area contributed by atoms with Crippen molar-refractivity contribution in [2.24, 2.45) is 11.7 Å². The predicted octanol–water partition coefficient (Wildman–Crippen LogP) is 1.90. The molecule has 1 aromatic heterocycles. The Morgan fingerprint density at radius 3 is 3.00 bits per heavy atom. The second kappa shape index (κ2) is 8.36. The van der Waals surface area contributed by atoms with Crippen LogP contribution in [0.1, 0.15) is 25.3 Å². The lowest BCUT2D eigenvalue weighted by atomic mass is 10.1. The van der Waals surface area contributed by atoms with Crippen LogP contribution >= 0.6 is 0 Å². The molecule has 152 valence electrons. The van der Waals surface area contributed by atoms with E-state index in [0.717, 1.165) is 55.7 Å². The number of fused-ring (bicyclic) bond motifs is 1. The maximum absolute atomic E-state index is 11.2. The van der Waals surface area contributed by atoms with Gasteiger partial charge in [0.2, 0.25) is 5.91 Å². The van der Waals surface area contributed by atoms with Gasteiger partial charge in [-0.15, -0.1) is 0 Å². The molecular weight excluding hydrogens is 366 g/mol. The molecule has 0 unspecified atom stereocenters. The van der Waals surface area contributed by atoms with E-state index in [1.165, 1.54) is 0 Å². The summed E-state index contributed by atoms with van der Waals surface area (Å²) in [6.07, 6.45) is 3.41. The van der Waals surface area contributed by atoms with Crippen LogP contribution in [0.15, 0.2) is 30.5 Å². The normalized spacial score (nSPS) is 25.2. The standard InChI is InChI=1S/C22H27N5O2/c1-15-11-27(20-5-4-17(10-23)22-19(20)3-2-7-25-22)14-18(29-15)13-26-8-6-16(12-26)9-21(24)28/h2-5,7,15-16,18H,6,8-9,11-14H2,1H3,(H2,24,28)/t15-,16-,18+/m1/s1. The van der Waals surface area contributed by atoms with Gasteiger partial charge in [0.1, 0.15) is 6.07 Å². The Morgan fingerprint density at radius 2 is 2.21 bits per heavy atom. The molecule has 1 aromatic carbocycles. The smallest absolute Gasteiger partial charge is 0.217 e. The number of pyridine rings is 1. The average molecular weight is 393 g/mol. The number of ether oxygens (including phenoxy) is 1. The molecule has 2 saturated heterocycles. The van der Waals surface area contributed by atoms with Gasteiger partial charge in [-0.3, -0.25) is 9.78 Å². The van der Waals surface area contributed by atoms with E-state index < -0.39 is 0 Å². The van der Waals surface area contributed by atoms with Crippen molar-refractivity contribution in [3.8, 4) is 6.07 Å². The third-order valence-corrected chi connectivity index (χ3v) is 5.86. The van der Waals surface area contributed by atoms with E-state index in [4.69, 9.17) is 10.5 Å². The second-order valence-corrected chi connectivity index (χ2v) is 8.20. The molecule has 2 aromatic rings. The minimum atomic E-state index is -0.216. The van der Waals surface area contributed by atoms with Crippen molar-refractivity contribution in [1.29, 1.82) is 5.26 Å². The SMILES string of the molecule is C[C@@H]1CN(c2ccc(C#N)c3ncccc23)C[C@H](CN2CC[C@H](CC(N)=O)C2)O1. The van der Waals surface area contributed by atoms with Crippen molar-refractivity contribution in [2.75, 3.05) is 37.6 Å². The number of benzene rings is 1. The van der Waals surface area contributed by atoms with Crippen LogP contribution in [0, 0.1) is 17.2 Å². The van der Waals surface area contributed by atoms with Crippen LogP contribution in [-0.2, 0) is 9.53 Å². The molecule has 3 atom stereocenters. The number of anilines is 1. The molecule has 7 heteroatoms. The van der Waals surface area contributed by atoms with E-state index in [9.17, 15) is 10.1 Å². The largest absolute Gasteiger partial charge is 0.370 e. The topological polar surface area (TPSA) is 95.5 Å². The summed E-state index contributed by atoms with van der Waals surface area (Å²) in [4.78, 5) is 20.4. The fraction of sp³-hybridized carbons (Fsp3) is 0.500. The molecule has 0 bridgehead atoms. The Morgan fingerprint density at radius 1 is 1.34 bits per heavy atom. The van der Waals surface area contributed by atoms with E-state index in [1.807, 2.05) is 24.3 Å². The summed E-state index contributed by atoms with van der Waals surface area (Å²) in [5.74, 6) is 0.144. The summed E-state index contributed by atoms with van der Waals surface area (Å²) in [7, 11) is 0. The Kier molecular flexibility index (Phi) is 5.65. The third-order valence-electron chi connectivity index (χ3n) is 5.86. The number of nitrogens with zero attached hydrogens (tertiary/aromatic N) is 4. The second-order valence-electron chi connectivity index (χ2n) is 8.20. The first-order valence-electron chi connectivity index (χ1n) is 10.2. The number of nitrogens with two attached hydrogens (primary N) is 1. The molecule has 29 heavy (non-hydrogen) atoms. The molecule has 7 nitrogen and oxygen atoms in total. The van der Waals surface area contributed by atoms with Crippen LogP contribution in [0.2, 0.25) is 0 Å². The Hall–Kier alpha value is -2.69. The number of amides is 1. The van der Waals surface area contributed by atoms with Gasteiger partial charge in [0.15, 0.2) is 0 Å². The fourth-order valence-corrected chi connectivity index (χ4v) is 4.68. The lowest BCUT2D eigenvalue weighted by Gasteiger charge is -2.40. The fourth-order valence-electron chi connectivity index (χ4n) is 4.68. The molecule has 1 amide bonds. The zero-order valence-corrected chi connectivity index (χ0v) is 16.8. The summed E-state index contributed by atoms with van der Waals surface area (Å²) >= 11 is 0. The molecule has 2 fully saturated rings. The molecule has 3 heterocycles. The molecule has 0 aliphatic carbocycles. The highest BCUT2D eigenvalue weighted by atomic mass is 16.5. The van der Waals surface area contributed by atoms with E-state index >= 15 is 0 Å². The van der Waals surface area contributed by atoms with Crippen LogP contribution in [-0.4, -0.2) is 60.7 Å². The predicted molar refractivity (Wildman–Crippen MR) is 111 cm³/mol. The minimum Gasteiger partial charge on any atom is -0.370 e. The maximum atomic E-state index is 11.2. The summed E-state index contributed by atoms with van der Waals surface area (Å²) < 4.78 is 6.23. The number of carbonyl (C=O) groups excluding carboxylic acids is 1. The first-order valence-corrected chi connectivity index (χ1v) is 10.2. The first-order chi connectivity index (χ1) is 14.0. The van der Waals surface area contributed by atoms with Gasteiger partial charge in [-0.25, -0.2) is 0 Å². The zero-order valence-electron chi connectivity index (χ0n) is 16.8. The molecule has 4 rings (SSSR count). The van der Waals surface area contributed by atoms with E-state index in [2.05, 4.69) is 27.8 Å². The molecule has 2 N–H and O–H groups in total. The highest BCUT2D eigenvalue weighted by Gasteiger charge is 2.31. The van der Waals surface area contributed by atoms with Crippen molar-refractivity contribution >= 4 is 22.5 Å². The summed E-state index contributed by atoms with van der Waals surface area (Å²) in [5.41, 5.74) is 7.80. The van der Waals surface area contributed by atoms with Crippen molar-refractivity contribution in [2.45, 2.75) is 32.0 Å². The number of hydrogen-bond donors (Lipinski definition) is 1. The lowest BCUT2D eigenvalue weighted by molar-refractivity contribution is -0.118. The van der Waals surface area contributed by atoms with Crippen LogP contribution in [0.4, 0.5) is 5.69 Å². The van der Waals surface area contributed by atoms with Gasteiger partial charge in [-0.1, -0.05) is 0 Å². The highest BCUT2D eigenvalue weighted by molar-refractivity contribution is 5.95. The van der Waals surface area contributed by atoms with Gasteiger partial charge >= 0.3 is 0 Å². The molecule has 2 aliphatic heterocycles. The maximum Gasteiger partial charge on any atom is 0.217 e. The van der Waals surface area contributed by atoms with Gasteiger partial charge in [0, 0.05) is 49.9 Å². The van der Waals surface area contributed by atoms with E-state index in [-0.39, 0.29) is 18.1 Å². The summed E-state index contributed by atoms with van der Waals surface area (Å²) in [6, 6.07) is 10.1. The number of hydrogen-bond acceptors (Lipinski definition) is 6. The third kappa shape index (κ3) is 4.34. The highest BCUT2D eigenvalue weighted by Crippen LogP contribution is 2.30. The Bertz CT molecular complexity index is 940. The molecule has 0 spiro atoms. The van der Waals surface area contributed by atoms with Crippen molar-refractivity contribution in [3.05, 3.63) is 36.0 Å². The number of likely N-dealkylation sites (tertiary alicyclic amines) is 1. The number of primary amides is 1. The number of morpholine rings is 1. The van der Waals surface area contributed by atoms with Crippen LogP contribution < -0.4 is 10.6 Å². The van der Waals surface area contributed by atoms with Crippen LogP contribution in [0.3, 0.4) is 0 Å². The quantitative estimate of drug-likeness (QED) is 0.834. The van der Waals surface area contributed by atoms with Gasteiger partial charge in [-0.05, 0) is 50.1 Å². The van der Waals surface area contributed by atoms with E-state index in [1.54, 1.807) is 6.20 Å². The van der Waals surface area contributed by atoms with Crippen LogP contribution in [0.5, 0.6) is 0 Å². The number of nitriles is 1. The number of carbonyl (C=O) groups is 1. The van der Waals surface area contributed by atoms with Gasteiger partial charge in [-0.2, -0.15) is 5.26 Å². The Labute approximate surface area is 171 Å². The summed E-state index contributed by atoms with van der Waals surface area (Å²) in [6.45, 7) is 6.43. The monoisotopic (exact) mass is 393 g/mol. The van der Waals surface area contributed by atoms with Gasteiger partial charge in [0.05, 0.1) is 23.3 Å². The van der Waals surface area contributed by atoms with Crippen molar-refractivity contribution in [1.82, 2.24) is 9.88 Å². The average Bonchev–Trinajstić information content (AvgIpc) is 3.12. The molecule has 2 aliphatic rings. The molecule has 0 radical (unpaired) electrons. The zero-order chi connectivity index (χ0) is 20.4. The van der Waals surface area contributed by atoms with Crippen molar-refractivity contribution in [3.63, 3.8) is 0 Å². The number of aromatic nitrogens is 1. The minimum absolute atomic E-state index is 0.0912. The summed E-state index contributed by atoms with van der Waals surface area (Å²) in [5, 5.41) is 10.4. The molecule has 0 saturated carbocycles.